The van der Waals surface area contributed by atoms with Gasteiger partial charge >= 0.3 is 5.97 Å². The number of carbonyl (C=O) groups excluding carboxylic acids is 1. The zero-order chi connectivity index (χ0) is 20.4. The SMILES string of the molecule is CC[NH+](CC)CC[NH2+]C(C(=O)OCCC(C)C)c1ccc(C(C)(C)C)cc1.[Cl-].[Cl-]. The number of quaternary nitrogens is 2. The number of esters is 1. The van der Waals surface area contributed by atoms with Crippen LogP contribution in [-0.4, -0.2) is 38.8 Å². The van der Waals surface area contributed by atoms with E-state index in [9.17, 15) is 4.79 Å². The van der Waals surface area contributed by atoms with Crippen LogP contribution in [0.25, 0.3) is 0 Å². The van der Waals surface area contributed by atoms with Gasteiger partial charge in [0.25, 0.3) is 0 Å². The second kappa shape index (κ2) is 15.1. The Balaban J connectivity index is 0. The Morgan fingerprint density at radius 1 is 1.07 bits per heavy atom. The number of rotatable bonds is 11. The molecule has 3 N–H and O–H groups in total. The van der Waals surface area contributed by atoms with Gasteiger partial charge in [-0.25, -0.2) is 4.79 Å². The molecule has 0 saturated carbocycles. The molecular weight excluding hydrogens is 407 g/mol. The van der Waals surface area contributed by atoms with Gasteiger partial charge < -0.3 is 39.8 Å². The van der Waals surface area contributed by atoms with E-state index in [4.69, 9.17) is 4.74 Å². The fourth-order valence-corrected chi connectivity index (χ4v) is 3.10. The molecule has 1 rings (SSSR count). The highest BCUT2D eigenvalue weighted by Crippen LogP contribution is 2.23. The van der Waals surface area contributed by atoms with E-state index in [0.717, 1.165) is 38.2 Å². The summed E-state index contributed by atoms with van der Waals surface area (Å²) in [5.41, 5.74) is 2.43. The minimum atomic E-state index is -0.277. The summed E-state index contributed by atoms with van der Waals surface area (Å²) in [5, 5.41) is 2.15. The number of carbonyl (C=O) groups is 1. The molecule has 0 spiro atoms. The van der Waals surface area contributed by atoms with Gasteiger partial charge in [-0.05, 0) is 37.2 Å². The zero-order valence-electron chi connectivity index (χ0n) is 19.4. The number of hydrogen-bond acceptors (Lipinski definition) is 2. The minimum Gasteiger partial charge on any atom is -1.00 e. The largest absolute Gasteiger partial charge is 1.00 e. The topological polar surface area (TPSA) is 47.4 Å². The van der Waals surface area contributed by atoms with Crippen molar-refractivity contribution < 1.29 is 44.6 Å². The maximum atomic E-state index is 12.8. The highest BCUT2D eigenvalue weighted by molar-refractivity contribution is 5.76. The predicted molar refractivity (Wildman–Crippen MR) is 112 cm³/mol. The van der Waals surface area contributed by atoms with Gasteiger partial charge in [-0.2, -0.15) is 0 Å². The van der Waals surface area contributed by atoms with Crippen LogP contribution in [0.5, 0.6) is 0 Å². The fourth-order valence-electron chi connectivity index (χ4n) is 3.10. The first-order chi connectivity index (χ1) is 12.7. The van der Waals surface area contributed by atoms with Gasteiger partial charge in [0.05, 0.1) is 19.7 Å². The van der Waals surface area contributed by atoms with Crippen LogP contribution in [0.3, 0.4) is 0 Å². The summed E-state index contributed by atoms with van der Waals surface area (Å²) in [5.74, 6) is 0.422. The first-order valence-corrected chi connectivity index (χ1v) is 10.6. The molecule has 1 unspecified atom stereocenters. The normalized spacial score (nSPS) is 12.3. The Labute approximate surface area is 191 Å². The molecule has 0 aromatic heterocycles. The fraction of sp³-hybridized carbons (Fsp3) is 0.696. The third-order valence-electron chi connectivity index (χ3n) is 5.23. The average Bonchev–Trinajstić information content (AvgIpc) is 2.61. The molecular formula is C23H42Cl2N2O2. The molecule has 1 aromatic rings. The molecule has 0 bridgehead atoms. The first kappa shape index (κ1) is 30.4. The third kappa shape index (κ3) is 11.2. The van der Waals surface area contributed by atoms with Crippen molar-refractivity contribution in [3.05, 3.63) is 35.4 Å². The second-order valence-electron chi connectivity index (χ2n) is 8.93. The molecule has 29 heavy (non-hydrogen) atoms. The Hall–Kier alpha value is -0.810. The van der Waals surface area contributed by atoms with Crippen LogP contribution in [0, 0.1) is 5.92 Å². The smallest absolute Gasteiger partial charge is 0.369 e. The Bertz CT molecular complexity index is 553. The van der Waals surface area contributed by atoms with Crippen LogP contribution in [-0.2, 0) is 14.9 Å². The van der Waals surface area contributed by atoms with E-state index >= 15 is 0 Å². The summed E-state index contributed by atoms with van der Waals surface area (Å²) in [6, 6.07) is 8.20. The predicted octanol–water partition coefficient (Wildman–Crippen LogP) is -3.89. The van der Waals surface area contributed by atoms with Crippen LogP contribution in [0.4, 0.5) is 0 Å². The summed E-state index contributed by atoms with van der Waals surface area (Å²) < 4.78 is 5.60. The Kier molecular flexibility index (Phi) is 15.8. The standard InChI is InChI=1S/C23H40N2O2.2ClH/c1-8-25(9-2)16-15-24-21(22(26)27-17-14-18(3)4)19-10-12-20(13-11-19)23(5,6)7;;/h10-13,18,21,24H,8-9,14-17H2,1-7H3;2*1H. The van der Waals surface area contributed by atoms with Crippen molar-refractivity contribution in [2.24, 2.45) is 5.92 Å². The number of nitrogens with two attached hydrogens (primary N) is 1. The molecule has 1 atom stereocenters. The maximum Gasteiger partial charge on any atom is 0.369 e. The highest BCUT2D eigenvalue weighted by atomic mass is 35.5. The lowest BCUT2D eigenvalue weighted by Crippen LogP contribution is -3.14. The summed E-state index contributed by atoms with van der Waals surface area (Å²) in [6.45, 7) is 20.1. The molecule has 0 radical (unpaired) electrons. The second-order valence-corrected chi connectivity index (χ2v) is 8.93. The van der Waals surface area contributed by atoms with Gasteiger partial charge in [0.15, 0.2) is 0 Å². The summed E-state index contributed by atoms with van der Waals surface area (Å²) >= 11 is 0. The molecule has 0 heterocycles. The Morgan fingerprint density at radius 2 is 1.62 bits per heavy atom. The highest BCUT2D eigenvalue weighted by Gasteiger charge is 2.27. The van der Waals surface area contributed by atoms with Crippen LogP contribution in [0.15, 0.2) is 24.3 Å². The molecule has 6 heteroatoms. The average molecular weight is 450 g/mol. The van der Waals surface area contributed by atoms with E-state index in [1.54, 1.807) is 4.90 Å². The molecule has 0 aliphatic heterocycles. The van der Waals surface area contributed by atoms with E-state index in [2.05, 4.69) is 78.0 Å². The molecule has 1 aromatic carbocycles. The lowest BCUT2D eigenvalue weighted by molar-refractivity contribution is -0.910. The number of halogens is 2. The molecule has 0 aliphatic rings. The van der Waals surface area contributed by atoms with E-state index in [-0.39, 0.29) is 42.2 Å². The van der Waals surface area contributed by atoms with E-state index < -0.39 is 0 Å². The quantitative estimate of drug-likeness (QED) is 0.340. The number of ether oxygens (including phenoxy) is 1. The number of likely N-dealkylation sites (N-methyl/N-ethyl adjacent to an activating group) is 1. The zero-order valence-corrected chi connectivity index (χ0v) is 20.9. The number of benzene rings is 1. The number of hydrogen-bond donors (Lipinski definition) is 2. The van der Waals surface area contributed by atoms with Gasteiger partial charge in [0.2, 0.25) is 6.04 Å². The molecule has 0 amide bonds. The van der Waals surface area contributed by atoms with Gasteiger partial charge in [-0.3, -0.25) is 0 Å². The van der Waals surface area contributed by atoms with Crippen molar-refractivity contribution in [3.63, 3.8) is 0 Å². The maximum absolute atomic E-state index is 12.8. The van der Waals surface area contributed by atoms with Gasteiger partial charge in [0.1, 0.15) is 13.1 Å². The lowest BCUT2D eigenvalue weighted by Gasteiger charge is -2.21. The van der Waals surface area contributed by atoms with Crippen molar-refractivity contribution in [3.8, 4) is 0 Å². The monoisotopic (exact) mass is 448 g/mol. The summed E-state index contributed by atoms with van der Waals surface area (Å²) in [7, 11) is 0. The van der Waals surface area contributed by atoms with Crippen molar-refractivity contribution >= 4 is 5.97 Å². The number of nitrogens with one attached hydrogen (secondary N) is 1. The van der Waals surface area contributed by atoms with Crippen molar-refractivity contribution in [1.82, 2.24) is 0 Å². The van der Waals surface area contributed by atoms with Crippen molar-refractivity contribution in [2.75, 3.05) is 32.8 Å². The molecule has 4 nitrogen and oxygen atoms in total. The van der Waals surface area contributed by atoms with E-state index in [1.807, 2.05) is 0 Å². The minimum absolute atomic E-state index is 0. The Morgan fingerprint density at radius 3 is 2.07 bits per heavy atom. The van der Waals surface area contributed by atoms with Gasteiger partial charge in [-0.1, -0.05) is 58.9 Å². The van der Waals surface area contributed by atoms with Crippen molar-refractivity contribution in [2.45, 2.75) is 66.3 Å². The molecule has 0 aliphatic carbocycles. The van der Waals surface area contributed by atoms with E-state index in [0.29, 0.717) is 12.5 Å². The lowest BCUT2D eigenvalue weighted by atomic mass is 9.86. The molecule has 0 saturated heterocycles. The first-order valence-electron chi connectivity index (χ1n) is 10.6. The molecule has 170 valence electrons. The van der Waals surface area contributed by atoms with Crippen LogP contribution < -0.4 is 35.0 Å². The molecule has 0 fully saturated rings. The third-order valence-corrected chi connectivity index (χ3v) is 5.23. The van der Waals surface area contributed by atoms with Crippen LogP contribution >= 0.6 is 0 Å². The van der Waals surface area contributed by atoms with Crippen molar-refractivity contribution in [1.29, 1.82) is 0 Å². The summed E-state index contributed by atoms with van der Waals surface area (Å²) in [4.78, 5) is 14.3. The van der Waals surface area contributed by atoms with E-state index in [1.165, 1.54) is 5.56 Å². The van der Waals surface area contributed by atoms with Crippen LogP contribution in [0.2, 0.25) is 0 Å². The van der Waals surface area contributed by atoms with Gasteiger partial charge in [0, 0.05) is 5.56 Å². The van der Waals surface area contributed by atoms with Gasteiger partial charge in [-0.15, -0.1) is 0 Å². The summed E-state index contributed by atoms with van der Waals surface area (Å²) in [6.07, 6.45) is 0.908. The van der Waals surface area contributed by atoms with Crippen LogP contribution in [0.1, 0.15) is 72.1 Å².